The lowest BCUT2D eigenvalue weighted by atomic mass is 10.1. The molecule has 0 aliphatic rings. The second kappa shape index (κ2) is 5.53. The molecule has 0 fully saturated rings. The fourth-order valence-electron chi connectivity index (χ4n) is 2.14. The maximum Gasteiger partial charge on any atom is 0.250 e. The Morgan fingerprint density at radius 1 is 0.938 bits per heavy atom. The summed E-state index contributed by atoms with van der Waals surface area (Å²) in [5.41, 5.74) is 2.54. The van der Waals surface area contributed by atoms with Crippen molar-refractivity contribution in [1.82, 2.24) is 0 Å². The fourth-order valence-corrected chi connectivity index (χ4v) is 4.83. The summed E-state index contributed by atoms with van der Waals surface area (Å²) in [5.74, 6) is 1.14. The number of benzene rings is 1. The summed E-state index contributed by atoms with van der Waals surface area (Å²) in [4.78, 5) is 0. The molecular weight excluding hydrogens is 212 g/mol. The topological polar surface area (TPSA) is 9.23 Å². The van der Waals surface area contributed by atoms with Crippen LogP contribution in [0.1, 0.15) is 31.9 Å². The molecule has 1 nitrogen and oxygen atoms in total. The van der Waals surface area contributed by atoms with Crippen LogP contribution in [0.25, 0.3) is 0 Å². The summed E-state index contributed by atoms with van der Waals surface area (Å²) in [7, 11) is -1.52. The van der Waals surface area contributed by atoms with Crippen LogP contribution in [0.4, 0.5) is 0 Å². The van der Waals surface area contributed by atoms with Gasteiger partial charge in [0.25, 0.3) is 0 Å². The van der Waals surface area contributed by atoms with Crippen LogP contribution in [0, 0.1) is 13.8 Å². The quantitative estimate of drug-likeness (QED) is 0.674. The lowest BCUT2D eigenvalue weighted by molar-refractivity contribution is 0.524. The van der Waals surface area contributed by atoms with E-state index in [1.807, 2.05) is 0 Å². The van der Waals surface area contributed by atoms with Gasteiger partial charge in [0.1, 0.15) is 5.75 Å². The maximum atomic E-state index is 6.45. The minimum Gasteiger partial charge on any atom is -0.543 e. The van der Waals surface area contributed by atoms with Crippen LogP contribution in [0.15, 0.2) is 18.2 Å². The Kier molecular flexibility index (Phi) is 4.60. The van der Waals surface area contributed by atoms with Crippen molar-refractivity contribution in [3.8, 4) is 5.75 Å². The third-order valence-corrected chi connectivity index (χ3v) is 8.16. The molecule has 0 aliphatic heterocycles. The van der Waals surface area contributed by atoms with Crippen LogP contribution < -0.4 is 4.43 Å². The maximum absolute atomic E-state index is 6.45. The van der Waals surface area contributed by atoms with E-state index < -0.39 is 8.32 Å². The van der Waals surface area contributed by atoms with E-state index in [1.54, 1.807) is 0 Å². The minimum absolute atomic E-state index is 1.14. The van der Waals surface area contributed by atoms with Crippen molar-refractivity contribution < 1.29 is 4.43 Å². The van der Waals surface area contributed by atoms with Gasteiger partial charge >= 0.3 is 0 Å². The van der Waals surface area contributed by atoms with Crippen LogP contribution in [0.3, 0.4) is 0 Å². The lowest BCUT2D eigenvalue weighted by Crippen LogP contribution is -2.39. The van der Waals surface area contributed by atoms with E-state index in [4.69, 9.17) is 4.43 Å². The molecule has 1 aromatic rings. The predicted molar refractivity (Wildman–Crippen MR) is 73.7 cm³/mol. The first-order chi connectivity index (χ1) is 7.58. The molecule has 0 saturated heterocycles. The lowest BCUT2D eigenvalue weighted by Gasteiger charge is -2.30. The molecule has 0 spiro atoms. The largest absolute Gasteiger partial charge is 0.543 e. The van der Waals surface area contributed by atoms with Crippen molar-refractivity contribution in [2.75, 3.05) is 0 Å². The minimum atomic E-state index is -1.52. The average Bonchev–Trinajstić information content (AvgIpc) is 2.30. The van der Waals surface area contributed by atoms with Crippen LogP contribution in [0.2, 0.25) is 18.1 Å². The van der Waals surface area contributed by atoms with Crippen molar-refractivity contribution in [2.24, 2.45) is 0 Å². The van der Waals surface area contributed by atoms with Gasteiger partial charge in [-0.25, -0.2) is 0 Å². The average molecular weight is 236 g/mol. The Labute approximate surface area is 101 Å². The summed E-state index contributed by atoms with van der Waals surface area (Å²) in [5, 5.41) is 0. The van der Waals surface area contributed by atoms with Crippen molar-refractivity contribution in [2.45, 2.75) is 52.8 Å². The first-order valence-corrected chi connectivity index (χ1v) is 8.86. The molecule has 1 aromatic carbocycles. The molecule has 1 rings (SSSR count). The highest BCUT2D eigenvalue weighted by atomic mass is 28.4. The molecular formula is C14H24OSi. The van der Waals surface area contributed by atoms with Crippen LogP contribution in [0.5, 0.6) is 5.75 Å². The molecule has 90 valence electrons. The monoisotopic (exact) mass is 236 g/mol. The number of para-hydroxylation sites is 1. The zero-order valence-corrected chi connectivity index (χ0v) is 12.3. The Morgan fingerprint density at radius 3 is 1.75 bits per heavy atom. The van der Waals surface area contributed by atoms with Crippen molar-refractivity contribution in [3.63, 3.8) is 0 Å². The van der Waals surface area contributed by atoms with Gasteiger partial charge in [-0.15, -0.1) is 0 Å². The number of rotatable bonds is 5. The van der Waals surface area contributed by atoms with Crippen molar-refractivity contribution in [3.05, 3.63) is 29.3 Å². The van der Waals surface area contributed by atoms with Crippen LogP contribution in [-0.4, -0.2) is 8.32 Å². The molecule has 0 amide bonds. The van der Waals surface area contributed by atoms with Gasteiger partial charge in [0.05, 0.1) is 0 Å². The van der Waals surface area contributed by atoms with Gasteiger partial charge < -0.3 is 4.43 Å². The number of hydrogen-bond acceptors (Lipinski definition) is 1. The second-order valence-corrected chi connectivity index (χ2v) is 9.26. The van der Waals surface area contributed by atoms with Crippen LogP contribution in [-0.2, 0) is 0 Å². The van der Waals surface area contributed by atoms with Gasteiger partial charge in [0.2, 0.25) is 8.32 Å². The van der Waals surface area contributed by atoms with E-state index in [2.05, 4.69) is 52.8 Å². The molecule has 0 unspecified atom stereocenters. The highest BCUT2D eigenvalue weighted by Crippen LogP contribution is 2.30. The summed E-state index contributed by atoms with van der Waals surface area (Å²) in [6.07, 6.45) is 0. The molecule has 0 saturated carbocycles. The van der Waals surface area contributed by atoms with Gasteiger partial charge in [-0.05, 0) is 43.1 Å². The number of aryl methyl sites for hydroxylation is 2. The molecule has 2 heteroatoms. The molecule has 16 heavy (non-hydrogen) atoms. The van der Waals surface area contributed by atoms with E-state index in [9.17, 15) is 0 Å². The summed E-state index contributed by atoms with van der Waals surface area (Å²) >= 11 is 0. The summed E-state index contributed by atoms with van der Waals surface area (Å²) in [6, 6.07) is 9.99. The van der Waals surface area contributed by atoms with Crippen molar-refractivity contribution in [1.29, 1.82) is 0 Å². The molecule has 0 aromatic heterocycles. The van der Waals surface area contributed by atoms with Crippen LogP contribution >= 0.6 is 0 Å². The van der Waals surface area contributed by atoms with Crippen molar-refractivity contribution >= 4 is 8.32 Å². The van der Waals surface area contributed by atoms with E-state index in [0.717, 1.165) is 5.75 Å². The molecule has 0 N–H and O–H groups in total. The first kappa shape index (κ1) is 13.3. The van der Waals surface area contributed by atoms with Gasteiger partial charge in [0.15, 0.2) is 0 Å². The molecule has 0 bridgehead atoms. The summed E-state index contributed by atoms with van der Waals surface area (Å²) < 4.78 is 6.45. The normalized spacial score (nSPS) is 11.6. The SMILES string of the molecule is CC[Si](CC)(CC)Oc1c(C)cccc1C. The Morgan fingerprint density at radius 2 is 1.38 bits per heavy atom. The predicted octanol–water partition coefficient (Wildman–Crippen LogP) is 4.69. The van der Waals surface area contributed by atoms with E-state index >= 15 is 0 Å². The van der Waals surface area contributed by atoms with Gasteiger partial charge in [-0.1, -0.05) is 39.0 Å². The van der Waals surface area contributed by atoms with Gasteiger partial charge in [0, 0.05) is 0 Å². The third kappa shape index (κ3) is 2.67. The van der Waals surface area contributed by atoms with E-state index in [1.165, 1.54) is 29.3 Å². The Balaban J connectivity index is 3.02. The molecule has 0 heterocycles. The zero-order chi connectivity index (χ0) is 12.2. The highest BCUT2D eigenvalue weighted by Gasteiger charge is 2.31. The van der Waals surface area contributed by atoms with E-state index in [-0.39, 0.29) is 0 Å². The summed E-state index contributed by atoms with van der Waals surface area (Å²) in [6.45, 7) is 11.1. The van der Waals surface area contributed by atoms with Gasteiger partial charge in [-0.2, -0.15) is 0 Å². The van der Waals surface area contributed by atoms with E-state index in [0.29, 0.717) is 0 Å². The highest BCUT2D eigenvalue weighted by molar-refractivity contribution is 6.74. The smallest absolute Gasteiger partial charge is 0.250 e. The Bertz CT molecular complexity index is 314. The molecule has 0 radical (unpaired) electrons. The molecule has 0 atom stereocenters. The standard InChI is InChI=1S/C14H24OSi/c1-6-16(7-2,8-3)15-14-12(4)10-9-11-13(14)5/h9-11H,6-8H2,1-5H3. The Hall–Kier alpha value is -0.763. The third-order valence-electron chi connectivity index (χ3n) is 3.66. The zero-order valence-electron chi connectivity index (χ0n) is 11.3. The molecule has 0 aliphatic carbocycles. The first-order valence-electron chi connectivity index (χ1n) is 6.33. The fraction of sp³-hybridized carbons (Fsp3) is 0.571. The number of hydrogen-bond donors (Lipinski definition) is 0. The van der Waals surface area contributed by atoms with Gasteiger partial charge in [-0.3, -0.25) is 0 Å². The second-order valence-electron chi connectivity index (χ2n) is 4.57.